The Kier molecular flexibility index (Phi) is 6.21. The first-order valence-corrected chi connectivity index (χ1v) is 10.2. The third-order valence-electron chi connectivity index (χ3n) is 4.88. The van der Waals surface area contributed by atoms with E-state index in [-0.39, 0.29) is 12.4 Å². The Morgan fingerprint density at radius 2 is 1.25 bits per heavy atom. The van der Waals surface area contributed by atoms with Crippen LogP contribution in [-0.4, -0.2) is 15.0 Å². The van der Waals surface area contributed by atoms with Crippen molar-refractivity contribution in [1.29, 1.82) is 0 Å². The van der Waals surface area contributed by atoms with E-state index < -0.39 is 0 Å². The SMILES string of the molecule is Cl.Nc1cc(Nc2ccc(Cl)cc2)c2nc(-c3ccccc3)c(-c3ccccc3)nc2n1. The van der Waals surface area contributed by atoms with E-state index in [1.165, 1.54) is 0 Å². The van der Waals surface area contributed by atoms with Crippen LogP contribution in [-0.2, 0) is 0 Å². The number of hydrogen-bond acceptors (Lipinski definition) is 5. The number of rotatable bonds is 4. The predicted octanol–water partition coefficient (Wildman–Crippen LogP) is 6.76. The van der Waals surface area contributed by atoms with E-state index in [0.717, 1.165) is 33.9 Å². The van der Waals surface area contributed by atoms with Gasteiger partial charge in [0.2, 0.25) is 0 Å². The zero-order valence-corrected chi connectivity index (χ0v) is 18.4. The Hall–Kier alpha value is -3.67. The summed E-state index contributed by atoms with van der Waals surface area (Å²) in [7, 11) is 0. The number of fused-ring (bicyclic) bond motifs is 1. The molecule has 2 aromatic heterocycles. The molecule has 0 radical (unpaired) electrons. The van der Waals surface area contributed by atoms with Gasteiger partial charge in [0.1, 0.15) is 11.3 Å². The van der Waals surface area contributed by atoms with Gasteiger partial charge < -0.3 is 11.1 Å². The van der Waals surface area contributed by atoms with Crippen molar-refractivity contribution in [2.45, 2.75) is 0 Å². The number of pyridine rings is 1. The van der Waals surface area contributed by atoms with Gasteiger partial charge in [0, 0.05) is 27.9 Å². The van der Waals surface area contributed by atoms with Crippen molar-refractivity contribution in [2.24, 2.45) is 0 Å². The summed E-state index contributed by atoms with van der Waals surface area (Å²) in [4.78, 5) is 14.3. The summed E-state index contributed by atoms with van der Waals surface area (Å²) in [5.74, 6) is 0.365. The lowest BCUT2D eigenvalue weighted by Gasteiger charge is -2.14. The van der Waals surface area contributed by atoms with E-state index >= 15 is 0 Å². The molecular weight excluding hydrogens is 441 g/mol. The Balaban J connectivity index is 0.00000245. The summed E-state index contributed by atoms with van der Waals surface area (Å²) in [6.07, 6.45) is 0. The minimum Gasteiger partial charge on any atom is -0.384 e. The third-order valence-corrected chi connectivity index (χ3v) is 5.13. The Labute approximate surface area is 196 Å². The lowest BCUT2D eigenvalue weighted by molar-refractivity contribution is 1.23. The van der Waals surface area contributed by atoms with Gasteiger partial charge in [0.05, 0.1) is 17.1 Å². The van der Waals surface area contributed by atoms with Crippen LogP contribution >= 0.6 is 24.0 Å². The van der Waals surface area contributed by atoms with Crippen molar-refractivity contribution in [2.75, 3.05) is 11.1 Å². The molecule has 5 nitrogen and oxygen atoms in total. The van der Waals surface area contributed by atoms with E-state index in [4.69, 9.17) is 27.3 Å². The number of halogens is 2. The largest absolute Gasteiger partial charge is 0.384 e. The fraction of sp³-hybridized carbons (Fsp3) is 0. The third kappa shape index (κ3) is 4.35. The van der Waals surface area contributed by atoms with Crippen LogP contribution in [0.25, 0.3) is 33.7 Å². The molecule has 0 spiro atoms. The summed E-state index contributed by atoms with van der Waals surface area (Å²) >= 11 is 6.02. The number of hydrogen-bond donors (Lipinski definition) is 2. The second-order valence-electron chi connectivity index (χ2n) is 7.05. The summed E-state index contributed by atoms with van der Waals surface area (Å²) < 4.78 is 0. The number of anilines is 3. The van der Waals surface area contributed by atoms with Crippen molar-refractivity contribution in [3.05, 3.63) is 96.0 Å². The van der Waals surface area contributed by atoms with Gasteiger partial charge in [0.25, 0.3) is 0 Å². The van der Waals surface area contributed by atoms with E-state index in [1.54, 1.807) is 6.07 Å². The lowest BCUT2D eigenvalue weighted by atomic mass is 10.0. The van der Waals surface area contributed by atoms with E-state index in [9.17, 15) is 0 Å². The number of nitrogens with two attached hydrogens (primary N) is 1. The van der Waals surface area contributed by atoms with Crippen LogP contribution in [0.5, 0.6) is 0 Å². The van der Waals surface area contributed by atoms with Crippen molar-refractivity contribution < 1.29 is 0 Å². The fourth-order valence-electron chi connectivity index (χ4n) is 3.43. The standard InChI is InChI=1S/C25H18ClN5.ClH/c26-18-11-13-19(14-12-18)28-20-15-21(27)29-25-24(20)30-22(16-7-3-1-4-8-16)23(31-25)17-9-5-2-6-10-17;/h1-15H,(H3,27,28,29,31);1H. The quantitative estimate of drug-likeness (QED) is 0.310. The molecule has 0 unspecified atom stereocenters. The van der Waals surface area contributed by atoms with Gasteiger partial charge in [-0.15, -0.1) is 12.4 Å². The first kappa shape index (κ1) is 21.6. The van der Waals surface area contributed by atoms with Crippen LogP contribution in [0.4, 0.5) is 17.2 Å². The van der Waals surface area contributed by atoms with Gasteiger partial charge in [-0.1, -0.05) is 72.3 Å². The molecule has 0 aliphatic heterocycles. The highest BCUT2D eigenvalue weighted by atomic mass is 35.5. The topological polar surface area (TPSA) is 76.7 Å². The Bertz CT molecular complexity index is 1360. The highest BCUT2D eigenvalue weighted by Crippen LogP contribution is 2.34. The summed E-state index contributed by atoms with van der Waals surface area (Å²) in [6.45, 7) is 0. The van der Waals surface area contributed by atoms with Crippen molar-refractivity contribution in [1.82, 2.24) is 15.0 Å². The number of nitrogens with zero attached hydrogens (tertiary/aromatic N) is 3. The van der Waals surface area contributed by atoms with Crippen LogP contribution in [0.2, 0.25) is 5.02 Å². The molecule has 158 valence electrons. The van der Waals surface area contributed by atoms with Gasteiger partial charge in [-0.25, -0.2) is 15.0 Å². The molecule has 0 fully saturated rings. The molecule has 0 saturated carbocycles. The molecule has 3 aromatic carbocycles. The van der Waals surface area contributed by atoms with Crippen LogP contribution < -0.4 is 11.1 Å². The van der Waals surface area contributed by atoms with Crippen molar-refractivity contribution in [3.63, 3.8) is 0 Å². The molecule has 5 aromatic rings. The Morgan fingerprint density at radius 1 is 0.688 bits per heavy atom. The fourth-order valence-corrected chi connectivity index (χ4v) is 3.56. The van der Waals surface area contributed by atoms with Gasteiger partial charge in [-0.3, -0.25) is 0 Å². The number of benzene rings is 3. The molecule has 0 aliphatic carbocycles. The molecule has 0 saturated heterocycles. The number of aromatic nitrogens is 3. The average Bonchev–Trinajstić information content (AvgIpc) is 2.81. The normalized spacial score (nSPS) is 10.5. The molecular formula is C25H19Cl2N5. The maximum atomic E-state index is 6.10. The molecule has 7 heteroatoms. The zero-order valence-electron chi connectivity index (χ0n) is 16.9. The molecule has 5 rings (SSSR count). The first-order chi connectivity index (χ1) is 15.2. The molecule has 0 bridgehead atoms. The van der Waals surface area contributed by atoms with Gasteiger partial charge in [-0.2, -0.15) is 0 Å². The zero-order chi connectivity index (χ0) is 21.2. The monoisotopic (exact) mass is 459 g/mol. The molecule has 32 heavy (non-hydrogen) atoms. The Morgan fingerprint density at radius 3 is 1.84 bits per heavy atom. The van der Waals surface area contributed by atoms with Crippen LogP contribution in [0, 0.1) is 0 Å². The highest BCUT2D eigenvalue weighted by Gasteiger charge is 2.16. The van der Waals surface area contributed by atoms with Gasteiger partial charge in [-0.05, 0) is 24.3 Å². The first-order valence-electron chi connectivity index (χ1n) is 9.79. The van der Waals surface area contributed by atoms with Crippen molar-refractivity contribution in [3.8, 4) is 22.5 Å². The second kappa shape index (κ2) is 9.22. The van der Waals surface area contributed by atoms with Gasteiger partial charge >= 0.3 is 0 Å². The predicted molar refractivity (Wildman–Crippen MR) is 135 cm³/mol. The maximum Gasteiger partial charge on any atom is 0.183 e. The number of nitrogens with one attached hydrogen (secondary N) is 1. The molecule has 0 aliphatic rings. The van der Waals surface area contributed by atoms with E-state index in [2.05, 4.69) is 10.3 Å². The summed E-state index contributed by atoms with van der Waals surface area (Å²) in [5, 5.41) is 4.04. The summed E-state index contributed by atoms with van der Waals surface area (Å²) in [6, 6.07) is 29.2. The van der Waals surface area contributed by atoms with Crippen LogP contribution in [0.3, 0.4) is 0 Å². The highest BCUT2D eigenvalue weighted by molar-refractivity contribution is 6.30. The lowest BCUT2D eigenvalue weighted by Crippen LogP contribution is -2.03. The smallest absolute Gasteiger partial charge is 0.183 e. The van der Waals surface area contributed by atoms with E-state index in [1.807, 2.05) is 84.9 Å². The molecule has 3 N–H and O–H groups in total. The average molecular weight is 460 g/mol. The molecule has 0 amide bonds. The van der Waals surface area contributed by atoms with Crippen LogP contribution in [0.15, 0.2) is 91.0 Å². The van der Waals surface area contributed by atoms with Gasteiger partial charge in [0.15, 0.2) is 5.65 Å². The minimum atomic E-state index is 0. The minimum absolute atomic E-state index is 0. The maximum absolute atomic E-state index is 6.10. The van der Waals surface area contributed by atoms with Crippen LogP contribution in [0.1, 0.15) is 0 Å². The molecule has 2 heterocycles. The van der Waals surface area contributed by atoms with E-state index in [0.29, 0.717) is 22.0 Å². The number of nitrogen functional groups attached to an aromatic ring is 1. The van der Waals surface area contributed by atoms with Crippen molar-refractivity contribution >= 4 is 52.4 Å². The summed E-state index contributed by atoms with van der Waals surface area (Å²) in [5.41, 5.74) is 12.3. The second-order valence-corrected chi connectivity index (χ2v) is 7.49. The molecule has 0 atom stereocenters.